The maximum absolute atomic E-state index is 12.7. The van der Waals surface area contributed by atoms with Crippen LogP contribution in [0.3, 0.4) is 0 Å². The molecule has 3 aromatic carbocycles. The minimum atomic E-state index is -4.93. The Morgan fingerprint density at radius 2 is 1.53 bits per heavy atom. The van der Waals surface area contributed by atoms with Crippen LogP contribution < -0.4 is 4.72 Å². The average Bonchev–Trinajstić information content (AvgIpc) is 3.24. The van der Waals surface area contributed by atoms with Crippen LogP contribution in [0.15, 0.2) is 71.6 Å². The van der Waals surface area contributed by atoms with Gasteiger partial charge < -0.3 is 4.98 Å². The van der Waals surface area contributed by atoms with Crippen LogP contribution in [0, 0.1) is 11.8 Å². The number of anilines is 1. The fraction of sp³-hybridized carbons (Fsp3) is 0.0870. The second kappa shape index (κ2) is 9.79. The lowest BCUT2D eigenvalue weighted by Crippen LogP contribution is -2.23. The van der Waals surface area contributed by atoms with E-state index in [9.17, 15) is 34.8 Å². The molecule has 2 N–H and O–H groups in total. The molecule has 0 amide bonds. The van der Waals surface area contributed by atoms with E-state index in [0.717, 1.165) is 12.1 Å². The number of halogens is 6. The quantitative estimate of drug-likeness (QED) is 0.251. The number of hydrogen-bond donors (Lipinski definition) is 2. The molecule has 13 heteroatoms. The molecule has 2 atom stereocenters. The molecule has 0 fully saturated rings. The number of hydrogen-bond acceptors (Lipinski definition) is 3. The average molecular weight is 541 g/mol. The van der Waals surface area contributed by atoms with Crippen molar-refractivity contribution in [1.29, 1.82) is 0 Å². The molecule has 0 aliphatic heterocycles. The smallest absolute Gasteiger partial charge is 0.331 e. The number of nitrogens with one attached hydrogen (secondary N) is 2. The molecule has 0 aliphatic rings. The first-order chi connectivity index (χ1) is 16.9. The third kappa shape index (κ3) is 5.77. The number of para-hydroxylation sites is 1. The van der Waals surface area contributed by atoms with Gasteiger partial charge in [-0.05, 0) is 53.9 Å². The van der Waals surface area contributed by atoms with Gasteiger partial charge in [-0.25, -0.2) is 13.4 Å². The van der Waals surface area contributed by atoms with Crippen molar-refractivity contribution in [3.05, 3.63) is 78.1 Å². The van der Waals surface area contributed by atoms with Gasteiger partial charge in [0.25, 0.3) is 0 Å². The van der Waals surface area contributed by atoms with Gasteiger partial charge in [0.15, 0.2) is 16.6 Å². The zero-order chi connectivity index (χ0) is 26.1. The maximum Gasteiger partial charge on any atom is 0.490 e. The molecule has 0 radical (unpaired) electrons. The molecule has 0 saturated carbocycles. The van der Waals surface area contributed by atoms with E-state index in [1.54, 1.807) is 30.3 Å². The molecular weight excluding hydrogens is 528 g/mol. The zero-order valence-electron chi connectivity index (χ0n) is 17.7. The van der Waals surface area contributed by atoms with Crippen molar-refractivity contribution in [2.45, 2.75) is 15.9 Å². The van der Waals surface area contributed by atoms with E-state index >= 15 is 0 Å². The Hall–Kier alpha value is -3.63. The van der Waals surface area contributed by atoms with Crippen molar-refractivity contribution in [2.75, 3.05) is 4.72 Å². The first-order valence-electron chi connectivity index (χ1n) is 9.87. The second-order valence-corrected chi connectivity index (χ2v) is 9.84. The molecule has 1 aromatic heterocycles. The molecule has 1 heterocycles. The molecular formula is C23H13F6N3O2S2. The van der Waals surface area contributed by atoms with Gasteiger partial charge in [-0.3, -0.25) is 4.72 Å². The van der Waals surface area contributed by atoms with Gasteiger partial charge >= 0.3 is 11.0 Å². The van der Waals surface area contributed by atoms with E-state index in [2.05, 4.69) is 21.8 Å². The van der Waals surface area contributed by atoms with Crippen LogP contribution in [0.2, 0.25) is 0 Å². The van der Waals surface area contributed by atoms with Crippen molar-refractivity contribution < 1.29 is 34.8 Å². The highest BCUT2D eigenvalue weighted by Crippen LogP contribution is 2.32. The van der Waals surface area contributed by atoms with Crippen LogP contribution in [0.1, 0.15) is 11.4 Å². The third-order valence-corrected chi connectivity index (χ3v) is 6.68. The number of nitrogens with zero attached hydrogens (tertiary/aromatic N) is 1. The Bertz CT molecular complexity index is 1530. The Balaban J connectivity index is 1.59. The van der Waals surface area contributed by atoms with Crippen LogP contribution in [0.5, 0.6) is 0 Å². The summed E-state index contributed by atoms with van der Waals surface area (Å²) in [5.74, 6) is 5.74. The largest absolute Gasteiger partial charge is 0.490 e. The normalized spacial score (nSPS) is 13.6. The Morgan fingerprint density at radius 1 is 0.833 bits per heavy atom. The summed E-state index contributed by atoms with van der Waals surface area (Å²) in [5, 5.41) is 0. The summed E-state index contributed by atoms with van der Waals surface area (Å²) >= 11 is 0. The summed E-state index contributed by atoms with van der Waals surface area (Å²) in [4.78, 5) is 6.88. The minimum absolute atomic E-state index is 0.0296. The second-order valence-electron chi connectivity index (χ2n) is 7.17. The van der Waals surface area contributed by atoms with Gasteiger partial charge in [-0.1, -0.05) is 30.2 Å². The predicted molar refractivity (Wildman–Crippen MR) is 124 cm³/mol. The topological polar surface area (TPSA) is 74.8 Å². The lowest BCUT2D eigenvalue weighted by Gasteiger charge is -2.13. The molecule has 0 bridgehead atoms. The number of H-pyrrole nitrogens is 1. The van der Waals surface area contributed by atoms with Gasteiger partial charge in [0.05, 0.1) is 16.7 Å². The summed E-state index contributed by atoms with van der Waals surface area (Å²) in [7, 11) is -6.42. The molecule has 0 aliphatic carbocycles. The standard InChI is InChI=1S/C23H13F6N3O2S2/c24-22(25,26)35(33)16-9-5-14(6-10-16)7-12-21-30-19-11-8-15(13-20(19)31-21)17-3-1-2-4-18(17)32-36(34)23(27,28)29/h1-6,8-11,13,32H,(H,30,31). The Kier molecular flexibility index (Phi) is 6.92. The van der Waals surface area contributed by atoms with Gasteiger partial charge in [0.1, 0.15) is 0 Å². The van der Waals surface area contributed by atoms with E-state index in [1.165, 1.54) is 24.3 Å². The third-order valence-electron chi connectivity index (χ3n) is 4.74. The van der Waals surface area contributed by atoms with E-state index in [1.807, 2.05) is 4.72 Å². The summed E-state index contributed by atoms with van der Waals surface area (Å²) in [6.07, 6.45) is 0. The van der Waals surface area contributed by atoms with Gasteiger partial charge in [0, 0.05) is 16.0 Å². The molecule has 186 valence electrons. The van der Waals surface area contributed by atoms with Gasteiger partial charge in [0.2, 0.25) is 11.0 Å². The molecule has 5 nitrogen and oxygen atoms in total. The molecule has 4 aromatic rings. The number of benzene rings is 3. The van der Waals surface area contributed by atoms with Crippen molar-refractivity contribution in [3.8, 4) is 23.0 Å². The highest BCUT2D eigenvalue weighted by molar-refractivity contribution is 7.87. The molecule has 36 heavy (non-hydrogen) atoms. The van der Waals surface area contributed by atoms with E-state index < -0.39 is 37.7 Å². The first kappa shape index (κ1) is 25.5. The molecule has 4 rings (SSSR count). The lowest BCUT2D eigenvalue weighted by molar-refractivity contribution is -0.0389. The van der Waals surface area contributed by atoms with Crippen LogP contribution in [-0.4, -0.2) is 29.4 Å². The fourth-order valence-corrected chi connectivity index (χ4v) is 4.29. The fourth-order valence-electron chi connectivity index (χ4n) is 3.14. The molecule has 0 saturated heterocycles. The van der Waals surface area contributed by atoms with Crippen molar-refractivity contribution in [3.63, 3.8) is 0 Å². The van der Waals surface area contributed by atoms with Crippen LogP contribution in [0.4, 0.5) is 32.0 Å². The van der Waals surface area contributed by atoms with Gasteiger partial charge in [-0.15, -0.1) is 0 Å². The zero-order valence-corrected chi connectivity index (χ0v) is 19.3. The Morgan fingerprint density at radius 3 is 2.19 bits per heavy atom. The number of alkyl halides is 6. The van der Waals surface area contributed by atoms with Crippen molar-refractivity contribution in [2.24, 2.45) is 0 Å². The maximum atomic E-state index is 12.7. The SMILES string of the molecule is O=S(Nc1ccccc1-c1ccc2nc(C#Cc3ccc(S(=O)C(F)(F)F)cc3)[nH]c2c1)C(F)(F)F. The van der Waals surface area contributed by atoms with Crippen LogP contribution in [-0.2, 0) is 21.8 Å². The highest BCUT2D eigenvalue weighted by Gasteiger charge is 2.38. The summed E-state index contributed by atoms with van der Waals surface area (Å²) in [6.45, 7) is 0. The van der Waals surface area contributed by atoms with E-state index in [0.29, 0.717) is 27.7 Å². The van der Waals surface area contributed by atoms with Crippen LogP contribution in [0.25, 0.3) is 22.2 Å². The number of fused-ring (bicyclic) bond motifs is 1. The monoisotopic (exact) mass is 541 g/mol. The predicted octanol–water partition coefficient (Wildman–Crippen LogP) is 5.85. The van der Waals surface area contributed by atoms with Crippen molar-refractivity contribution in [1.82, 2.24) is 9.97 Å². The number of aromatic nitrogens is 2. The summed E-state index contributed by atoms with van der Waals surface area (Å²) in [5.41, 5.74) is -7.42. The number of imidazole rings is 1. The Labute approximate surface area is 205 Å². The summed E-state index contributed by atoms with van der Waals surface area (Å²) in [6, 6.07) is 15.8. The minimum Gasteiger partial charge on any atom is -0.331 e. The number of rotatable bonds is 4. The first-order valence-corrected chi connectivity index (χ1v) is 12.2. The molecule has 2 unspecified atom stereocenters. The lowest BCUT2D eigenvalue weighted by atomic mass is 10.0. The highest BCUT2D eigenvalue weighted by atomic mass is 32.2. The molecule has 0 spiro atoms. The van der Waals surface area contributed by atoms with Crippen LogP contribution >= 0.6 is 0 Å². The van der Waals surface area contributed by atoms with Crippen molar-refractivity contribution >= 4 is 38.5 Å². The van der Waals surface area contributed by atoms with E-state index in [4.69, 9.17) is 0 Å². The van der Waals surface area contributed by atoms with Gasteiger partial charge in [-0.2, -0.15) is 26.3 Å². The number of aromatic amines is 1. The van der Waals surface area contributed by atoms with E-state index in [-0.39, 0.29) is 11.5 Å². The summed E-state index contributed by atoms with van der Waals surface area (Å²) < 4.78 is 101.